The number of nitrogens with one attached hydrogen (secondary N) is 1. The maximum atomic E-state index is 14.5. The average molecular weight is 374 g/mol. The van der Waals surface area contributed by atoms with Gasteiger partial charge in [-0.25, -0.2) is 0 Å². The molecule has 0 saturated carbocycles. The Morgan fingerprint density at radius 3 is 2.60 bits per heavy atom. The summed E-state index contributed by atoms with van der Waals surface area (Å²) in [5, 5.41) is 2.99. The molecular formula is C17H22ClF2N3O2. The first-order chi connectivity index (χ1) is 11.5. The van der Waals surface area contributed by atoms with E-state index in [0.29, 0.717) is 26.1 Å². The standard InChI is InChI=1S/C17H21F2N3O2.ClH/c18-17(19,13-5-2-1-3-6-13)16(24)21-9-4-7-14(12-21)22-10-8-20-11-15(22)23;/h1-3,5-6,14,20H,4,7-12H2;1H. The zero-order chi connectivity index (χ0) is 17.2. The lowest BCUT2D eigenvalue weighted by Crippen LogP contribution is -2.58. The monoisotopic (exact) mass is 373 g/mol. The van der Waals surface area contributed by atoms with Gasteiger partial charge < -0.3 is 15.1 Å². The van der Waals surface area contributed by atoms with Gasteiger partial charge in [-0.05, 0) is 12.8 Å². The van der Waals surface area contributed by atoms with Crippen LogP contribution >= 0.6 is 12.4 Å². The summed E-state index contributed by atoms with van der Waals surface area (Å²) in [4.78, 5) is 27.3. The topological polar surface area (TPSA) is 52.7 Å². The highest BCUT2D eigenvalue weighted by Crippen LogP contribution is 2.31. The largest absolute Gasteiger partial charge is 0.349 e. The molecule has 1 atom stereocenters. The van der Waals surface area contributed by atoms with Crippen molar-refractivity contribution >= 4 is 24.2 Å². The summed E-state index contributed by atoms with van der Waals surface area (Å²) < 4.78 is 29.0. The predicted molar refractivity (Wildman–Crippen MR) is 91.8 cm³/mol. The van der Waals surface area contributed by atoms with Crippen molar-refractivity contribution in [2.24, 2.45) is 0 Å². The lowest BCUT2D eigenvalue weighted by molar-refractivity contribution is -0.162. The highest BCUT2D eigenvalue weighted by atomic mass is 35.5. The number of piperazine rings is 1. The van der Waals surface area contributed by atoms with Crippen molar-refractivity contribution in [1.82, 2.24) is 15.1 Å². The number of hydrogen-bond donors (Lipinski definition) is 1. The third-order valence-electron chi connectivity index (χ3n) is 4.66. The summed E-state index contributed by atoms with van der Waals surface area (Å²) in [5.74, 6) is -4.76. The Balaban J connectivity index is 0.00000225. The van der Waals surface area contributed by atoms with Crippen LogP contribution < -0.4 is 5.32 Å². The van der Waals surface area contributed by atoms with Crippen LogP contribution in [0.4, 0.5) is 8.78 Å². The number of piperidine rings is 1. The van der Waals surface area contributed by atoms with Gasteiger partial charge in [0.2, 0.25) is 5.91 Å². The Hall–Kier alpha value is -1.73. The van der Waals surface area contributed by atoms with Gasteiger partial charge in [-0.1, -0.05) is 30.3 Å². The van der Waals surface area contributed by atoms with Crippen molar-refractivity contribution in [1.29, 1.82) is 0 Å². The molecule has 2 amide bonds. The van der Waals surface area contributed by atoms with Crippen LogP contribution in [0.1, 0.15) is 18.4 Å². The van der Waals surface area contributed by atoms with Crippen molar-refractivity contribution in [3.05, 3.63) is 35.9 Å². The van der Waals surface area contributed by atoms with Crippen molar-refractivity contribution in [2.75, 3.05) is 32.7 Å². The van der Waals surface area contributed by atoms with Gasteiger partial charge in [0, 0.05) is 37.8 Å². The minimum absolute atomic E-state index is 0. The zero-order valence-electron chi connectivity index (χ0n) is 13.8. The second-order valence-electron chi connectivity index (χ2n) is 6.25. The van der Waals surface area contributed by atoms with E-state index in [2.05, 4.69) is 5.32 Å². The Labute approximate surface area is 151 Å². The van der Waals surface area contributed by atoms with E-state index >= 15 is 0 Å². The van der Waals surface area contributed by atoms with E-state index in [0.717, 1.165) is 6.42 Å². The van der Waals surface area contributed by atoms with Crippen LogP contribution in [0.15, 0.2) is 30.3 Å². The number of rotatable bonds is 3. The molecule has 138 valence electrons. The number of halogens is 3. The van der Waals surface area contributed by atoms with Crippen LogP contribution in [0.5, 0.6) is 0 Å². The number of hydrogen-bond acceptors (Lipinski definition) is 3. The maximum absolute atomic E-state index is 14.5. The fraction of sp³-hybridized carbons (Fsp3) is 0.529. The molecule has 5 nitrogen and oxygen atoms in total. The lowest BCUT2D eigenvalue weighted by atomic mass is 10.0. The van der Waals surface area contributed by atoms with Gasteiger partial charge in [0.05, 0.1) is 6.54 Å². The van der Waals surface area contributed by atoms with Gasteiger partial charge in [-0.2, -0.15) is 8.78 Å². The first kappa shape index (κ1) is 19.6. The van der Waals surface area contributed by atoms with Crippen LogP contribution in [-0.2, 0) is 15.5 Å². The van der Waals surface area contributed by atoms with Crippen molar-refractivity contribution in [3.8, 4) is 0 Å². The SMILES string of the molecule is Cl.O=C1CNCCN1C1CCCN(C(=O)C(F)(F)c2ccccc2)C1. The number of nitrogens with zero attached hydrogens (tertiary/aromatic N) is 2. The van der Waals surface area contributed by atoms with Crippen LogP contribution in [0, 0.1) is 0 Å². The van der Waals surface area contributed by atoms with Gasteiger partial charge in [-0.15, -0.1) is 12.4 Å². The molecule has 25 heavy (non-hydrogen) atoms. The van der Waals surface area contributed by atoms with E-state index in [-0.39, 0.29) is 43.0 Å². The van der Waals surface area contributed by atoms with Crippen molar-refractivity contribution in [2.45, 2.75) is 24.8 Å². The molecule has 8 heteroatoms. The van der Waals surface area contributed by atoms with Gasteiger partial charge >= 0.3 is 5.92 Å². The normalized spacial score (nSPS) is 21.7. The maximum Gasteiger partial charge on any atom is 0.349 e. The summed E-state index contributed by atoms with van der Waals surface area (Å²) in [6.07, 6.45) is 1.37. The minimum atomic E-state index is -3.55. The van der Waals surface area contributed by atoms with Crippen LogP contribution in [-0.4, -0.2) is 60.4 Å². The highest BCUT2D eigenvalue weighted by molar-refractivity contribution is 5.85. The Kier molecular flexibility index (Phi) is 6.35. The molecule has 0 spiro atoms. The van der Waals surface area contributed by atoms with E-state index in [1.54, 1.807) is 11.0 Å². The molecule has 1 aromatic rings. The number of likely N-dealkylation sites (tertiary alicyclic amines) is 1. The summed E-state index contributed by atoms with van der Waals surface area (Å²) in [6.45, 7) is 1.99. The molecule has 0 aromatic heterocycles. The molecule has 1 N–H and O–H groups in total. The molecule has 0 radical (unpaired) electrons. The van der Waals surface area contributed by atoms with Crippen molar-refractivity contribution < 1.29 is 18.4 Å². The number of alkyl halides is 2. The quantitative estimate of drug-likeness (QED) is 0.876. The molecule has 1 unspecified atom stereocenters. The third-order valence-corrected chi connectivity index (χ3v) is 4.66. The Morgan fingerprint density at radius 1 is 1.20 bits per heavy atom. The molecular weight excluding hydrogens is 352 g/mol. The van der Waals surface area contributed by atoms with Gasteiger partial charge in [0.25, 0.3) is 5.91 Å². The number of carbonyl (C=O) groups is 2. The van der Waals surface area contributed by atoms with E-state index in [1.165, 1.54) is 29.2 Å². The second-order valence-corrected chi connectivity index (χ2v) is 6.25. The first-order valence-electron chi connectivity index (χ1n) is 8.23. The second kappa shape index (κ2) is 8.10. The van der Waals surface area contributed by atoms with E-state index < -0.39 is 11.8 Å². The summed E-state index contributed by atoms with van der Waals surface area (Å²) >= 11 is 0. The van der Waals surface area contributed by atoms with E-state index in [1.807, 2.05) is 0 Å². The molecule has 2 aliphatic heterocycles. The molecule has 2 heterocycles. The summed E-state index contributed by atoms with van der Waals surface area (Å²) in [5.41, 5.74) is -0.296. The fourth-order valence-corrected chi connectivity index (χ4v) is 3.37. The van der Waals surface area contributed by atoms with Crippen LogP contribution in [0.25, 0.3) is 0 Å². The molecule has 2 saturated heterocycles. The van der Waals surface area contributed by atoms with Gasteiger partial charge in [0.15, 0.2) is 0 Å². The van der Waals surface area contributed by atoms with Crippen molar-refractivity contribution in [3.63, 3.8) is 0 Å². The Morgan fingerprint density at radius 2 is 1.92 bits per heavy atom. The predicted octanol–water partition coefficient (Wildman–Crippen LogP) is 1.62. The molecule has 0 aliphatic carbocycles. The minimum Gasteiger partial charge on any atom is -0.336 e. The lowest BCUT2D eigenvalue weighted by Gasteiger charge is -2.41. The van der Waals surface area contributed by atoms with E-state index in [9.17, 15) is 18.4 Å². The zero-order valence-corrected chi connectivity index (χ0v) is 14.6. The third kappa shape index (κ3) is 4.10. The molecule has 1 aromatic carbocycles. The molecule has 3 rings (SSSR count). The average Bonchev–Trinajstić information content (AvgIpc) is 2.62. The molecule has 2 aliphatic rings. The smallest absolute Gasteiger partial charge is 0.336 e. The number of carbonyl (C=O) groups excluding carboxylic acids is 2. The van der Waals surface area contributed by atoms with Crippen LogP contribution in [0.3, 0.4) is 0 Å². The highest BCUT2D eigenvalue weighted by Gasteiger charge is 2.45. The first-order valence-corrected chi connectivity index (χ1v) is 8.23. The van der Waals surface area contributed by atoms with Crippen LogP contribution in [0.2, 0.25) is 0 Å². The number of amides is 2. The summed E-state index contributed by atoms with van der Waals surface area (Å²) in [6, 6.07) is 6.97. The molecule has 0 bridgehead atoms. The van der Waals surface area contributed by atoms with E-state index in [4.69, 9.17) is 0 Å². The van der Waals surface area contributed by atoms with Gasteiger partial charge in [0.1, 0.15) is 0 Å². The molecule has 2 fully saturated rings. The number of benzene rings is 1. The summed E-state index contributed by atoms with van der Waals surface area (Å²) in [7, 11) is 0. The fourth-order valence-electron chi connectivity index (χ4n) is 3.37. The Bertz CT molecular complexity index is 615. The van der Waals surface area contributed by atoms with Gasteiger partial charge in [-0.3, -0.25) is 9.59 Å².